The van der Waals surface area contributed by atoms with Gasteiger partial charge in [0.05, 0.1) is 27.4 Å². The van der Waals surface area contributed by atoms with Crippen molar-refractivity contribution in [1.82, 2.24) is 10.2 Å². The van der Waals surface area contributed by atoms with Crippen molar-refractivity contribution in [2.24, 2.45) is 10.9 Å². The molecule has 0 spiro atoms. The summed E-state index contributed by atoms with van der Waals surface area (Å²) in [6.07, 6.45) is 1.12. The smallest absolute Gasteiger partial charge is 0.193 e. The van der Waals surface area contributed by atoms with Crippen LogP contribution in [0.25, 0.3) is 0 Å². The van der Waals surface area contributed by atoms with Gasteiger partial charge in [-0.25, -0.2) is 4.99 Å². The monoisotopic (exact) mass is 463 g/mol. The third kappa shape index (κ3) is 6.54. The number of halogens is 1. The molecule has 7 heteroatoms. The van der Waals surface area contributed by atoms with Gasteiger partial charge in [-0.15, -0.1) is 24.0 Å². The van der Waals surface area contributed by atoms with Crippen LogP contribution in [0.2, 0.25) is 0 Å². The van der Waals surface area contributed by atoms with Gasteiger partial charge in [-0.2, -0.15) is 0 Å². The molecule has 0 amide bonds. The second-order valence-electron chi connectivity index (χ2n) is 5.97. The molecule has 0 aromatic heterocycles. The van der Waals surface area contributed by atoms with E-state index < -0.39 is 0 Å². The van der Waals surface area contributed by atoms with Gasteiger partial charge in [-0.3, -0.25) is 0 Å². The minimum atomic E-state index is 0. The van der Waals surface area contributed by atoms with Crippen molar-refractivity contribution in [2.75, 3.05) is 47.6 Å². The number of rotatable bonds is 7. The molecule has 1 fully saturated rings. The summed E-state index contributed by atoms with van der Waals surface area (Å²) >= 11 is 0. The van der Waals surface area contributed by atoms with E-state index in [0.717, 1.165) is 55.7 Å². The standard InChI is InChI=1S/C18H29N3O3.HI/c1-5-19-18(21(2)12-15-8-9-24-13-15)20-11-14-6-7-16(22-3)17(10-14)23-4;/h6-7,10,15H,5,8-9,11-13H2,1-4H3,(H,19,20);1H. The SMILES string of the molecule is CCNC(=NCc1ccc(OC)c(OC)c1)N(C)CC1CCOC1.I. The maximum atomic E-state index is 5.46. The molecule has 1 unspecified atom stereocenters. The van der Waals surface area contributed by atoms with E-state index in [1.165, 1.54) is 0 Å². The molecule has 0 saturated carbocycles. The molecule has 1 atom stereocenters. The highest BCUT2D eigenvalue weighted by atomic mass is 127. The van der Waals surface area contributed by atoms with Crippen molar-refractivity contribution >= 4 is 29.9 Å². The predicted molar refractivity (Wildman–Crippen MR) is 111 cm³/mol. The molecule has 1 N–H and O–H groups in total. The first-order valence-corrected chi connectivity index (χ1v) is 8.46. The zero-order chi connectivity index (χ0) is 17.4. The maximum absolute atomic E-state index is 5.46. The van der Waals surface area contributed by atoms with Gasteiger partial charge in [0.15, 0.2) is 17.5 Å². The highest BCUT2D eigenvalue weighted by Crippen LogP contribution is 2.27. The first kappa shape index (κ1) is 21.8. The van der Waals surface area contributed by atoms with Crippen molar-refractivity contribution in [3.05, 3.63) is 23.8 Å². The minimum absolute atomic E-state index is 0. The number of hydrogen-bond acceptors (Lipinski definition) is 4. The summed E-state index contributed by atoms with van der Waals surface area (Å²) in [6, 6.07) is 5.89. The van der Waals surface area contributed by atoms with E-state index in [1.807, 2.05) is 18.2 Å². The van der Waals surface area contributed by atoms with Gasteiger partial charge < -0.3 is 24.4 Å². The van der Waals surface area contributed by atoms with Crippen LogP contribution in [0.4, 0.5) is 0 Å². The van der Waals surface area contributed by atoms with Gasteiger partial charge in [-0.05, 0) is 31.0 Å². The van der Waals surface area contributed by atoms with Crippen LogP contribution in [-0.4, -0.2) is 58.4 Å². The van der Waals surface area contributed by atoms with Gasteiger partial charge >= 0.3 is 0 Å². The van der Waals surface area contributed by atoms with Gasteiger partial charge in [0.25, 0.3) is 0 Å². The van der Waals surface area contributed by atoms with E-state index in [4.69, 9.17) is 19.2 Å². The molecular formula is C18H30IN3O3. The lowest BCUT2D eigenvalue weighted by Crippen LogP contribution is -2.41. The summed E-state index contributed by atoms with van der Waals surface area (Å²) in [5.41, 5.74) is 1.08. The Bertz CT molecular complexity index is 548. The first-order valence-electron chi connectivity index (χ1n) is 8.46. The molecule has 0 aliphatic carbocycles. The average molecular weight is 463 g/mol. The lowest BCUT2D eigenvalue weighted by molar-refractivity contribution is 0.181. The van der Waals surface area contributed by atoms with Crippen LogP contribution in [-0.2, 0) is 11.3 Å². The van der Waals surface area contributed by atoms with Crippen molar-refractivity contribution in [3.8, 4) is 11.5 Å². The van der Waals surface area contributed by atoms with Crippen LogP contribution in [0, 0.1) is 5.92 Å². The van der Waals surface area contributed by atoms with Crippen molar-refractivity contribution in [3.63, 3.8) is 0 Å². The fraction of sp³-hybridized carbons (Fsp3) is 0.611. The van der Waals surface area contributed by atoms with Crippen LogP contribution in [0.15, 0.2) is 23.2 Å². The highest BCUT2D eigenvalue weighted by Gasteiger charge is 2.19. The molecule has 1 aromatic rings. The Balaban J connectivity index is 0.00000312. The minimum Gasteiger partial charge on any atom is -0.493 e. The Morgan fingerprint density at radius 3 is 2.68 bits per heavy atom. The Hall–Kier alpha value is -1.22. The molecule has 142 valence electrons. The average Bonchev–Trinajstić information content (AvgIpc) is 3.11. The lowest BCUT2D eigenvalue weighted by atomic mass is 10.1. The summed E-state index contributed by atoms with van der Waals surface area (Å²) in [5, 5.41) is 3.36. The third-order valence-electron chi connectivity index (χ3n) is 4.11. The number of nitrogens with one attached hydrogen (secondary N) is 1. The largest absolute Gasteiger partial charge is 0.493 e. The number of benzene rings is 1. The molecule has 2 rings (SSSR count). The molecule has 1 saturated heterocycles. The van der Waals surface area contributed by atoms with E-state index in [-0.39, 0.29) is 24.0 Å². The van der Waals surface area contributed by atoms with Gasteiger partial charge in [0.1, 0.15) is 0 Å². The second-order valence-corrected chi connectivity index (χ2v) is 5.97. The van der Waals surface area contributed by atoms with Crippen molar-refractivity contribution in [2.45, 2.75) is 19.9 Å². The molecule has 25 heavy (non-hydrogen) atoms. The van der Waals surface area contributed by atoms with Crippen LogP contribution in [0.5, 0.6) is 11.5 Å². The Kier molecular flexibility index (Phi) is 9.96. The lowest BCUT2D eigenvalue weighted by Gasteiger charge is -2.24. The normalized spacial score (nSPS) is 17.0. The molecule has 0 bridgehead atoms. The summed E-state index contributed by atoms with van der Waals surface area (Å²) in [6.45, 7) is 6.19. The second kappa shape index (κ2) is 11.4. The molecule has 1 aromatic carbocycles. The van der Waals surface area contributed by atoms with Crippen molar-refractivity contribution in [1.29, 1.82) is 0 Å². The Labute approximate surface area is 167 Å². The first-order chi connectivity index (χ1) is 11.7. The molecule has 1 aliphatic heterocycles. The van der Waals surface area contributed by atoms with Crippen LogP contribution in [0.1, 0.15) is 18.9 Å². The summed E-state index contributed by atoms with van der Waals surface area (Å²) in [7, 11) is 5.36. The molecule has 6 nitrogen and oxygen atoms in total. The topological polar surface area (TPSA) is 55.3 Å². The summed E-state index contributed by atoms with van der Waals surface area (Å²) in [4.78, 5) is 6.93. The quantitative estimate of drug-likeness (QED) is 0.383. The van der Waals surface area contributed by atoms with E-state index in [9.17, 15) is 0 Å². The number of methoxy groups -OCH3 is 2. The van der Waals surface area contributed by atoms with E-state index in [0.29, 0.717) is 12.5 Å². The van der Waals surface area contributed by atoms with Crippen LogP contribution >= 0.6 is 24.0 Å². The number of guanidine groups is 1. The van der Waals surface area contributed by atoms with Gasteiger partial charge in [0, 0.05) is 32.7 Å². The number of nitrogens with zero attached hydrogens (tertiary/aromatic N) is 2. The fourth-order valence-electron chi connectivity index (χ4n) is 2.82. The number of hydrogen-bond donors (Lipinski definition) is 1. The van der Waals surface area contributed by atoms with Gasteiger partial charge in [0.2, 0.25) is 0 Å². The zero-order valence-electron chi connectivity index (χ0n) is 15.6. The van der Waals surface area contributed by atoms with Crippen LogP contribution in [0.3, 0.4) is 0 Å². The number of ether oxygens (including phenoxy) is 3. The maximum Gasteiger partial charge on any atom is 0.193 e. The van der Waals surface area contributed by atoms with Crippen molar-refractivity contribution < 1.29 is 14.2 Å². The van der Waals surface area contributed by atoms with Crippen LogP contribution < -0.4 is 14.8 Å². The summed E-state index contributed by atoms with van der Waals surface area (Å²) in [5.74, 6) is 2.96. The molecule has 0 radical (unpaired) electrons. The summed E-state index contributed by atoms with van der Waals surface area (Å²) < 4.78 is 16.1. The van der Waals surface area contributed by atoms with E-state index in [2.05, 4.69) is 24.2 Å². The predicted octanol–water partition coefficient (Wildman–Crippen LogP) is 2.76. The third-order valence-corrected chi connectivity index (χ3v) is 4.11. The number of aliphatic imine (C=N–C) groups is 1. The molecule has 1 aliphatic rings. The molecular weight excluding hydrogens is 433 g/mol. The van der Waals surface area contributed by atoms with E-state index >= 15 is 0 Å². The zero-order valence-corrected chi connectivity index (χ0v) is 17.9. The molecule has 1 heterocycles. The Morgan fingerprint density at radius 2 is 2.08 bits per heavy atom. The Morgan fingerprint density at radius 1 is 1.32 bits per heavy atom. The fourth-order valence-corrected chi connectivity index (χ4v) is 2.82. The van der Waals surface area contributed by atoms with Gasteiger partial charge in [-0.1, -0.05) is 6.07 Å². The van der Waals surface area contributed by atoms with E-state index in [1.54, 1.807) is 14.2 Å². The highest BCUT2D eigenvalue weighted by molar-refractivity contribution is 14.0.